The zero-order chi connectivity index (χ0) is 53.5. The molecule has 2 rings (SSSR count). The first-order valence-corrected chi connectivity index (χ1v) is 25.7. The molecule has 0 aromatic rings. The third-order valence-corrected chi connectivity index (χ3v) is 13.4. The quantitative estimate of drug-likeness (QED) is 0.0376. The number of rotatable bonds is 21. The number of aliphatic carboxylic acids is 1. The number of primary amides is 1. The van der Waals surface area contributed by atoms with E-state index >= 15 is 0 Å². The SMILES string of the molecule is CC(C)C[C@H](NC(=O)[C@H](CCCCN)NC(=O)[C@H](C)NC(=O)[C@@H](N)CO)C(=O)N[C@H]1CSSC[C@@H](C(=O)N[C@H](C(=O)O)C(C)C)NC(=O)[C@H](CC(N)=O)NC(=O)CNC(=O)CNC(=O)[C@@H]2CCCN2C1=O. The Morgan fingerprint density at radius 1 is 0.789 bits per heavy atom. The summed E-state index contributed by atoms with van der Waals surface area (Å²) >= 11 is 0. The van der Waals surface area contributed by atoms with Gasteiger partial charge in [-0.3, -0.25) is 52.7 Å². The van der Waals surface area contributed by atoms with Gasteiger partial charge in [0.15, 0.2) is 0 Å². The van der Waals surface area contributed by atoms with Gasteiger partial charge in [-0.15, -0.1) is 0 Å². The Morgan fingerprint density at radius 2 is 1.44 bits per heavy atom. The lowest BCUT2D eigenvalue weighted by molar-refractivity contribution is -0.143. The molecule has 17 N–H and O–H groups in total. The first-order valence-electron chi connectivity index (χ1n) is 23.2. The van der Waals surface area contributed by atoms with Crippen molar-refractivity contribution in [1.82, 2.24) is 52.8 Å². The Morgan fingerprint density at radius 3 is 2.04 bits per heavy atom. The fourth-order valence-electron chi connectivity index (χ4n) is 7.09. The smallest absolute Gasteiger partial charge is 0.326 e. The first-order chi connectivity index (χ1) is 33.4. The van der Waals surface area contributed by atoms with Crippen LogP contribution in [0.4, 0.5) is 0 Å². The van der Waals surface area contributed by atoms with Crippen LogP contribution in [0.25, 0.3) is 0 Å². The molecule has 0 saturated carbocycles. The normalized spacial score (nSPS) is 21.9. The molecule has 29 heteroatoms. The highest BCUT2D eigenvalue weighted by Gasteiger charge is 2.40. The summed E-state index contributed by atoms with van der Waals surface area (Å²) in [6.07, 6.45) is 0.748. The van der Waals surface area contributed by atoms with E-state index in [1.807, 2.05) is 0 Å². The molecule has 0 radical (unpaired) electrons. The lowest BCUT2D eigenvalue weighted by Gasteiger charge is -2.30. The number of nitrogens with zero attached hydrogens (tertiary/aromatic N) is 1. The molecule has 2 saturated heterocycles. The molecule has 2 fully saturated rings. The van der Waals surface area contributed by atoms with Gasteiger partial charge in [0.2, 0.25) is 65.0 Å². The standard InChI is InChI=1S/C42H71N13O14S2/c1-20(2)13-25(51-36(62)24(9-6-7-11-43)50-34(60)22(5)48-35(61)23(44)17-56)37(63)53-28-19-71-70-18-27(39(65)54-33(21(3)4)42(68)69)52-38(64)26(14-30(45)57)49-32(59)16-46-31(58)15-47-40(66)29-10-8-12-55(29)41(28)67/h20-29,33,56H,6-19,43-44H2,1-5H3,(H2,45,57)(H,46,58)(H,47,66)(H,48,61)(H,49,59)(H,50,60)(H,51,62)(H,52,64)(H,53,63)(H,54,65)(H,68,69)/t22-,23-,24-,25-,26-,27-,28-,29-,33-/m0/s1. The Kier molecular flexibility index (Phi) is 26.6. The van der Waals surface area contributed by atoms with Crippen LogP contribution in [0, 0.1) is 11.8 Å². The second kappa shape index (κ2) is 30.8. The molecular weight excluding hydrogens is 975 g/mol. The van der Waals surface area contributed by atoms with Gasteiger partial charge in [0.25, 0.3) is 0 Å². The highest BCUT2D eigenvalue weighted by Crippen LogP contribution is 2.26. The number of carboxylic acid groups (broad SMARTS) is 1. The average molecular weight is 1050 g/mol. The van der Waals surface area contributed by atoms with Crippen LogP contribution >= 0.6 is 21.6 Å². The van der Waals surface area contributed by atoms with Gasteiger partial charge in [0, 0.05) is 18.1 Å². The number of hydrogen-bond donors (Lipinski definition) is 14. The van der Waals surface area contributed by atoms with Gasteiger partial charge in [-0.05, 0) is 63.8 Å². The number of aliphatic hydroxyl groups excluding tert-OH is 1. The number of carbonyl (C=O) groups is 12. The summed E-state index contributed by atoms with van der Waals surface area (Å²) in [4.78, 5) is 160. The monoisotopic (exact) mass is 1050 g/mol. The van der Waals surface area contributed by atoms with Crippen molar-refractivity contribution in [2.45, 2.75) is 134 Å². The summed E-state index contributed by atoms with van der Waals surface area (Å²) in [5.74, 6) is -12.3. The molecule has 27 nitrogen and oxygen atoms in total. The molecule has 0 aliphatic carbocycles. The van der Waals surface area contributed by atoms with Crippen LogP contribution in [0.3, 0.4) is 0 Å². The van der Waals surface area contributed by atoms with Crippen LogP contribution in [0.2, 0.25) is 0 Å². The minimum absolute atomic E-state index is 0.0353. The van der Waals surface area contributed by atoms with E-state index in [0.29, 0.717) is 19.3 Å². The van der Waals surface area contributed by atoms with Crippen molar-refractivity contribution in [3.05, 3.63) is 0 Å². The molecule has 0 bridgehead atoms. The van der Waals surface area contributed by atoms with E-state index in [1.54, 1.807) is 13.8 Å². The van der Waals surface area contributed by atoms with E-state index in [1.165, 1.54) is 25.7 Å². The van der Waals surface area contributed by atoms with E-state index in [2.05, 4.69) is 47.9 Å². The molecular formula is C42H71N13O14S2. The molecule has 11 amide bonds. The Balaban J connectivity index is 2.55. The van der Waals surface area contributed by atoms with Crippen molar-refractivity contribution in [2.75, 3.05) is 44.3 Å². The molecule has 0 spiro atoms. The fourth-order valence-corrected chi connectivity index (χ4v) is 9.41. The third-order valence-electron chi connectivity index (χ3n) is 11.0. The van der Waals surface area contributed by atoms with Gasteiger partial charge in [-0.25, -0.2) is 4.79 Å². The molecule has 2 heterocycles. The van der Waals surface area contributed by atoms with Crippen molar-refractivity contribution in [3.8, 4) is 0 Å². The Hall–Kier alpha value is -5.78. The number of carbonyl (C=O) groups excluding carboxylic acids is 11. The molecule has 400 valence electrons. The van der Waals surface area contributed by atoms with Crippen LogP contribution in [-0.2, 0) is 57.5 Å². The summed E-state index contributed by atoms with van der Waals surface area (Å²) in [7, 11) is 1.86. The maximum Gasteiger partial charge on any atom is 0.326 e. The van der Waals surface area contributed by atoms with Gasteiger partial charge >= 0.3 is 5.97 Å². The molecule has 2 aliphatic rings. The second-order valence-corrected chi connectivity index (χ2v) is 20.3. The number of amides is 11. The number of fused-ring (bicyclic) bond motifs is 1. The van der Waals surface area contributed by atoms with Gasteiger partial charge < -0.3 is 80.2 Å². The van der Waals surface area contributed by atoms with Crippen LogP contribution in [-0.4, -0.2) is 185 Å². The van der Waals surface area contributed by atoms with Crippen molar-refractivity contribution < 1.29 is 67.7 Å². The molecule has 71 heavy (non-hydrogen) atoms. The lowest BCUT2D eigenvalue weighted by atomic mass is 10.0. The van der Waals surface area contributed by atoms with Crippen molar-refractivity contribution >= 4 is 92.5 Å². The highest BCUT2D eigenvalue weighted by molar-refractivity contribution is 8.76. The first kappa shape index (κ1) is 61.3. The van der Waals surface area contributed by atoms with Crippen molar-refractivity contribution in [1.29, 1.82) is 0 Å². The summed E-state index contributed by atoms with van der Waals surface area (Å²) < 4.78 is 0. The number of carboxylic acids is 1. The zero-order valence-corrected chi connectivity index (χ0v) is 42.2. The Labute approximate surface area is 419 Å². The number of aliphatic hydroxyl groups is 1. The van der Waals surface area contributed by atoms with E-state index < -0.39 is 157 Å². The maximum absolute atomic E-state index is 14.5. The summed E-state index contributed by atoms with van der Waals surface area (Å²) in [5, 5.41) is 41.1. The number of nitrogens with one attached hydrogen (secondary N) is 9. The largest absolute Gasteiger partial charge is 0.480 e. The number of hydrogen-bond acceptors (Lipinski definition) is 17. The van der Waals surface area contributed by atoms with Crippen LogP contribution < -0.4 is 65.1 Å². The predicted octanol–water partition coefficient (Wildman–Crippen LogP) is -5.87. The molecule has 2 aliphatic heterocycles. The topological polar surface area (TPSA) is 435 Å². The second-order valence-electron chi connectivity index (χ2n) is 17.8. The molecule has 0 aromatic carbocycles. The minimum Gasteiger partial charge on any atom is -0.480 e. The third kappa shape index (κ3) is 21.2. The van der Waals surface area contributed by atoms with Crippen LogP contribution in [0.15, 0.2) is 0 Å². The maximum atomic E-state index is 14.5. The molecule has 0 unspecified atom stereocenters. The van der Waals surface area contributed by atoms with Gasteiger partial charge in [0.05, 0.1) is 26.1 Å². The highest BCUT2D eigenvalue weighted by atomic mass is 33.1. The van der Waals surface area contributed by atoms with Crippen molar-refractivity contribution in [3.63, 3.8) is 0 Å². The van der Waals surface area contributed by atoms with Crippen LogP contribution in [0.5, 0.6) is 0 Å². The van der Waals surface area contributed by atoms with E-state index in [4.69, 9.17) is 17.2 Å². The molecule has 9 atom stereocenters. The van der Waals surface area contributed by atoms with Gasteiger partial charge in [-0.2, -0.15) is 0 Å². The van der Waals surface area contributed by atoms with Gasteiger partial charge in [-0.1, -0.05) is 49.3 Å². The summed E-state index contributed by atoms with van der Waals surface area (Å²) in [5.41, 5.74) is 16.6. The lowest BCUT2D eigenvalue weighted by Crippen LogP contribution is -2.60. The fraction of sp³-hybridized carbons (Fsp3) is 0.714. The molecule has 0 aromatic heterocycles. The summed E-state index contributed by atoms with van der Waals surface area (Å²) in [6, 6.07) is -12.1. The summed E-state index contributed by atoms with van der Waals surface area (Å²) in [6.45, 7) is 6.26. The average Bonchev–Trinajstić information content (AvgIpc) is 3.80. The zero-order valence-electron chi connectivity index (χ0n) is 40.5. The van der Waals surface area contributed by atoms with E-state index in [-0.39, 0.29) is 49.8 Å². The Bertz CT molecular complexity index is 1930. The number of unbranched alkanes of at least 4 members (excludes halogenated alkanes) is 1. The van der Waals surface area contributed by atoms with Crippen LogP contribution in [0.1, 0.15) is 79.6 Å². The van der Waals surface area contributed by atoms with Gasteiger partial charge in [0.1, 0.15) is 54.4 Å². The number of nitrogens with two attached hydrogens (primary N) is 3. The van der Waals surface area contributed by atoms with E-state index in [0.717, 1.165) is 21.6 Å². The van der Waals surface area contributed by atoms with Crippen molar-refractivity contribution in [2.24, 2.45) is 29.0 Å². The minimum atomic E-state index is -1.66. The predicted molar refractivity (Wildman–Crippen MR) is 259 cm³/mol. The van der Waals surface area contributed by atoms with E-state index in [9.17, 15) is 67.7 Å².